The predicted molar refractivity (Wildman–Crippen MR) is 99.8 cm³/mol. The molecule has 4 aliphatic carbocycles. The van der Waals surface area contributed by atoms with Gasteiger partial charge in [-0.1, -0.05) is 12.1 Å². The lowest BCUT2D eigenvalue weighted by Gasteiger charge is -2.57. The van der Waals surface area contributed by atoms with Gasteiger partial charge in [0.1, 0.15) is 6.33 Å². The van der Waals surface area contributed by atoms with Gasteiger partial charge in [0.15, 0.2) is 0 Å². The van der Waals surface area contributed by atoms with Crippen LogP contribution in [0.15, 0.2) is 30.6 Å². The maximum atomic E-state index is 12.1. The molecule has 6 nitrogen and oxygen atoms in total. The molecule has 4 saturated carbocycles. The summed E-state index contributed by atoms with van der Waals surface area (Å²) in [7, 11) is 0. The number of aromatic nitrogens is 3. The van der Waals surface area contributed by atoms with Crippen molar-refractivity contribution in [2.24, 2.45) is 17.8 Å². The number of hydrogen-bond acceptors (Lipinski definition) is 4. The molecule has 1 heterocycles. The molecular formula is C20H25N5O. The maximum Gasteiger partial charge on any atom is 0.243 e. The molecule has 0 saturated heterocycles. The van der Waals surface area contributed by atoms with Crippen molar-refractivity contribution >= 4 is 17.5 Å². The normalized spacial score (nSPS) is 31.8. The lowest BCUT2D eigenvalue weighted by atomic mass is 9.48. The van der Waals surface area contributed by atoms with Crippen LogP contribution < -0.4 is 10.6 Å². The molecule has 4 aliphatic rings. The van der Waals surface area contributed by atoms with Crippen molar-refractivity contribution in [3.8, 4) is 0 Å². The Morgan fingerprint density at radius 2 is 1.73 bits per heavy atom. The number of benzene rings is 1. The summed E-state index contributed by atoms with van der Waals surface area (Å²) in [6.45, 7) is 0.159. The van der Waals surface area contributed by atoms with Crippen LogP contribution in [-0.2, 0) is 10.2 Å². The van der Waals surface area contributed by atoms with E-state index in [0.29, 0.717) is 11.4 Å². The number of nitrogens with one attached hydrogen (secondary N) is 3. The Labute approximate surface area is 153 Å². The third-order valence-electron chi connectivity index (χ3n) is 6.65. The molecule has 4 fully saturated rings. The molecule has 0 radical (unpaired) electrons. The van der Waals surface area contributed by atoms with Crippen LogP contribution in [0.25, 0.3) is 0 Å². The molecule has 136 valence electrons. The number of carbonyl (C=O) groups excluding carboxylic acids is 1. The van der Waals surface area contributed by atoms with Gasteiger partial charge in [0.25, 0.3) is 0 Å². The number of amides is 1. The first-order valence-electron chi connectivity index (χ1n) is 9.69. The van der Waals surface area contributed by atoms with Gasteiger partial charge in [0.05, 0.1) is 6.54 Å². The third kappa shape index (κ3) is 2.87. The molecule has 1 aromatic heterocycles. The smallest absolute Gasteiger partial charge is 0.243 e. The number of nitrogens with zero attached hydrogens (tertiary/aromatic N) is 2. The van der Waals surface area contributed by atoms with E-state index in [0.717, 1.165) is 23.4 Å². The first kappa shape index (κ1) is 15.9. The highest BCUT2D eigenvalue weighted by atomic mass is 16.1. The van der Waals surface area contributed by atoms with E-state index in [4.69, 9.17) is 0 Å². The number of H-pyrrole nitrogens is 1. The molecular weight excluding hydrogens is 326 g/mol. The lowest BCUT2D eigenvalue weighted by molar-refractivity contribution is -0.114. The first-order chi connectivity index (χ1) is 12.7. The van der Waals surface area contributed by atoms with Gasteiger partial charge < -0.3 is 15.6 Å². The second-order valence-corrected chi connectivity index (χ2v) is 8.51. The van der Waals surface area contributed by atoms with Crippen LogP contribution in [0.3, 0.4) is 0 Å². The SMILES string of the molecule is O=C(CNc1nnc[nH]1)Nc1ccc(C23CC4CC(CC(C4)C2)C3)cc1. The lowest BCUT2D eigenvalue weighted by Crippen LogP contribution is -2.48. The van der Waals surface area contributed by atoms with Gasteiger partial charge >= 0.3 is 0 Å². The summed E-state index contributed by atoms with van der Waals surface area (Å²) in [4.78, 5) is 14.9. The van der Waals surface area contributed by atoms with E-state index in [1.807, 2.05) is 0 Å². The first-order valence-corrected chi connectivity index (χ1v) is 9.69. The van der Waals surface area contributed by atoms with Crippen molar-refractivity contribution in [2.45, 2.75) is 43.9 Å². The molecule has 6 heteroatoms. The van der Waals surface area contributed by atoms with E-state index in [2.05, 4.69) is 50.1 Å². The number of rotatable bonds is 5. The fraction of sp³-hybridized carbons (Fsp3) is 0.550. The number of carbonyl (C=O) groups is 1. The quantitative estimate of drug-likeness (QED) is 0.772. The second-order valence-electron chi connectivity index (χ2n) is 8.51. The highest BCUT2D eigenvalue weighted by Crippen LogP contribution is 2.60. The van der Waals surface area contributed by atoms with E-state index in [1.165, 1.54) is 50.4 Å². The van der Waals surface area contributed by atoms with E-state index in [1.54, 1.807) is 0 Å². The van der Waals surface area contributed by atoms with Crippen LogP contribution in [0.1, 0.15) is 44.1 Å². The molecule has 0 unspecified atom stereocenters. The van der Waals surface area contributed by atoms with Gasteiger partial charge in [-0.05, 0) is 79.4 Å². The molecule has 0 aliphatic heterocycles. The Kier molecular flexibility index (Phi) is 3.72. The molecule has 0 atom stereocenters. The molecule has 4 bridgehead atoms. The van der Waals surface area contributed by atoms with Gasteiger partial charge in [-0.15, -0.1) is 10.2 Å². The third-order valence-corrected chi connectivity index (χ3v) is 6.65. The molecule has 6 rings (SSSR count). The van der Waals surface area contributed by atoms with Crippen LogP contribution in [0.4, 0.5) is 11.6 Å². The molecule has 26 heavy (non-hydrogen) atoms. The summed E-state index contributed by atoms with van der Waals surface area (Å²) in [5.41, 5.74) is 2.74. The topological polar surface area (TPSA) is 82.7 Å². The van der Waals surface area contributed by atoms with Crippen molar-refractivity contribution < 1.29 is 4.79 Å². The summed E-state index contributed by atoms with van der Waals surface area (Å²) in [6.07, 6.45) is 9.97. The zero-order valence-electron chi connectivity index (χ0n) is 14.9. The number of anilines is 2. The van der Waals surface area contributed by atoms with Crippen molar-refractivity contribution in [3.05, 3.63) is 36.2 Å². The number of aromatic amines is 1. The van der Waals surface area contributed by atoms with E-state index < -0.39 is 0 Å². The van der Waals surface area contributed by atoms with Gasteiger partial charge in [0, 0.05) is 5.69 Å². The zero-order valence-corrected chi connectivity index (χ0v) is 14.9. The summed E-state index contributed by atoms with van der Waals surface area (Å²) in [5.74, 6) is 3.25. The average molecular weight is 351 g/mol. The van der Waals surface area contributed by atoms with Crippen LogP contribution >= 0.6 is 0 Å². The Bertz CT molecular complexity index is 748. The van der Waals surface area contributed by atoms with Gasteiger partial charge in [-0.2, -0.15) is 0 Å². The fourth-order valence-electron chi connectivity index (χ4n) is 6.03. The Morgan fingerprint density at radius 3 is 2.31 bits per heavy atom. The van der Waals surface area contributed by atoms with Gasteiger partial charge in [-0.25, -0.2) is 0 Å². The maximum absolute atomic E-state index is 12.1. The highest BCUT2D eigenvalue weighted by molar-refractivity contribution is 5.93. The Hall–Kier alpha value is -2.37. The van der Waals surface area contributed by atoms with Crippen LogP contribution in [0.5, 0.6) is 0 Å². The minimum atomic E-state index is -0.0936. The van der Waals surface area contributed by atoms with Crippen molar-refractivity contribution in [1.82, 2.24) is 15.2 Å². The Morgan fingerprint density at radius 1 is 1.08 bits per heavy atom. The van der Waals surface area contributed by atoms with Crippen molar-refractivity contribution in [2.75, 3.05) is 17.2 Å². The monoisotopic (exact) mass is 351 g/mol. The second kappa shape index (κ2) is 6.11. The van der Waals surface area contributed by atoms with E-state index in [-0.39, 0.29) is 12.5 Å². The van der Waals surface area contributed by atoms with E-state index >= 15 is 0 Å². The zero-order chi connectivity index (χ0) is 17.6. The molecule has 3 N–H and O–H groups in total. The summed E-state index contributed by atoms with van der Waals surface area (Å²) >= 11 is 0. The van der Waals surface area contributed by atoms with Crippen molar-refractivity contribution in [1.29, 1.82) is 0 Å². The summed E-state index contributed by atoms with van der Waals surface area (Å²) < 4.78 is 0. The highest BCUT2D eigenvalue weighted by Gasteiger charge is 2.51. The minimum absolute atomic E-state index is 0.0936. The van der Waals surface area contributed by atoms with Crippen LogP contribution in [0.2, 0.25) is 0 Å². The predicted octanol–water partition coefficient (Wildman–Crippen LogP) is 3.32. The number of hydrogen-bond donors (Lipinski definition) is 3. The van der Waals surface area contributed by atoms with Crippen LogP contribution in [0, 0.1) is 17.8 Å². The van der Waals surface area contributed by atoms with Crippen LogP contribution in [-0.4, -0.2) is 27.6 Å². The minimum Gasteiger partial charge on any atom is -0.345 e. The molecule has 0 spiro atoms. The summed E-state index contributed by atoms with van der Waals surface area (Å²) in [5, 5.41) is 13.3. The fourth-order valence-corrected chi connectivity index (χ4v) is 6.03. The van der Waals surface area contributed by atoms with Gasteiger partial charge in [-0.3, -0.25) is 4.79 Å². The molecule has 2 aromatic rings. The van der Waals surface area contributed by atoms with Crippen molar-refractivity contribution in [3.63, 3.8) is 0 Å². The standard InChI is InChI=1S/C20H25N5O/c26-18(11-21-19-22-12-23-25-19)24-17-3-1-16(2-4-17)20-8-13-5-14(9-20)7-15(6-13)10-20/h1-4,12-15H,5-11H2,(H,24,26)(H2,21,22,23,25). The molecule has 1 amide bonds. The Balaban J connectivity index is 1.24. The average Bonchev–Trinajstić information content (AvgIpc) is 3.13. The van der Waals surface area contributed by atoms with Gasteiger partial charge in [0.2, 0.25) is 11.9 Å². The largest absolute Gasteiger partial charge is 0.345 e. The summed E-state index contributed by atoms with van der Waals surface area (Å²) in [6, 6.07) is 8.60. The van der Waals surface area contributed by atoms with E-state index in [9.17, 15) is 4.79 Å². The molecule has 1 aromatic carbocycles.